The largest absolute Gasteiger partial charge is 0.462 e. The summed E-state index contributed by atoms with van der Waals surface area (Å²) in [7, 11) is 0. The predicted molar refractivity (Wildman–Crippen MR) is 106 cm³/mol. The van der Waals surface area contributed by atoms with Crippen LogP contribution in [0.5, 0.6) is 0 Å². The number of hydrogen-bond donors (Lipinski definition) is 0. The fraction of sp³-hybridized carbons (Fsp3) is 0.150. The first-order valence-electron chi connectivity index (χ1n) is 8.13. The Morgan fingerprint density at radius 1 is 1.08 bits per heavy atom. The monoisotopic (exact) mass is 428 g/mol. The van der Waals surface area contributed by atoms with Crippen molar-refractivity contribution in [1.29, 1.82) is 0 Å². The van der Waals surface area contributed by atoms with Crippen LogP contribution < -0.4 is 0 Å². The van der Waals surface area contributed by atoms with Crippen molar-refractivity contribution in [3.8, 4) is 11.3 Å². The summed E-state index contributed by atoms with van der Waals surface area (Å²) in [6, 6.07) is 17.6. The van der Waals surface area contributed by atoms with Crippen molar-refractivity contribution < 1.29 is 9.53 Å². The van der Waals surface area contributed by atoms with E-state index in [0.29, 0.717) is 28.7 Å². The number of halogens is 1. The first kappa shape index (κ1) is 18.6. The highest BCUT2D eigenvalue weighted by molar-refractivity contribution is 9.10. The molecule has 132 valence electrons. The molecule has 26 heavy (non-hydrogen) atoms. The highest BCUT2D eigenvalue weighted by Gasteiger charge is 2.21. The van der Waals surface area contributed by atoms with Crippen LogP contribution in [0.2, 0.25) is 0 Å². The van der Waals surface area contributed by atoms with E-state index in [-0.39, 0.29) is 0 Å². The van der Waals surface area contributed by atoms with Gasteiger partial charge < -0.3 is 4.74 Å². The molecule has 0 unspecified atom stereocenters. The Kier molecular flexibility index (Phi) is 6.06. The van der Waals surface area contributed by atoms with Crippen molar-refractivity contribution in [3.05, 3.63) is 70.3 Å². The number of ether oxygens (including phenoxy) is 1. The van der Waals surface area contributed by atoms with Gasteiger partial charge in [0, 0.05) is 14.9 Å². The predicted octanol–water partition coefficient (Wildman–Crippen LogP) is 5.54. The van der Waals surface area contributed by atoms with Crippen molar-refractivity contribution in [3.63, 3.8) is 0 Å². The van der Waals surface area contributed by atoms with Crippen molar-refractivity contribution in [2.75, 3.05) is 6.61 Å². The van der Waals surface area contributed by atoms with Gasteiger partial charge in [-0.2, -0.15) is 0 Å². The quantitative estimate of drug-likeness (QED) is 0.394. The molecule has 0 spiro atoms. The van der Waals surface area contributed by atoms with Gasteiger partial charge in [0.25, 0.3) is 0 Å². The van der Waals surface area contributed by atoms with Crippen LogP contribution in [-0.2, 0) is 4.74 Å². The van der Waals surface area contributed by atoms with Crippen molar-refractivity contribution in [2.24, 2.45) is 0 Å². The van der Waals surface area contributed by atoms with Crippen molar-refractivity contribution in [1.82, 2.24) is 9.97 Å². The molecule has 0 N–H and O–H groups in total. The van der Waals surface area contributed by atoms with E-state index in [9.17, 15) is 4.79 Å². The highest BCUT2D eigenvalue weighted by atomic mass is 79.9. The topological polar surface area (TPSA) is 52.1 Å². The molecule has 0 saturated carbocycles. The minimum Gasteiger partial charge on any atom is -0.462 e. The van der Waals surface area contributed by atoms with Crippen LogP contribution in [0, 0.1) is 6.92 Å². The number of carbonyl (C=O) groups excluding carboxylic acids is 1. The Labute approximate surface area is 165 Å². The highest BCUT2D eigenvalue weighted by Crippen LogP contribution is 2.31. The van der Waals surface area contributed by atoms with E-state index in [4.69, 9.17) is 4.74 Å². The Hall–Kier alpha value is -2.18. The van der Waals surface area contributed by atoms with Crippen LogP contribution in [0.3, 0.4) is 0 Å². The van der Waals surface area contributed by atoms with Gasteiger partial charge in [0.2, 0.25) is 0 Å². The van der Waals surface area contributed by atoms with E-state index < -0.39 is 5.97 Å². The average Bonchev–Trinajstić information content (AvgIpc) is 2.63. The molecule has 0 aliphatic carbocycles. The van der Waals surface area contributed by atoms with E-state index in [1.54, 1.807) is 6.92 Å². The second-order valence-electron chi connectivity index (χ2n) is 5.46. The molecule has 0 saturated heterocycles. The lowest BCUT2D eigenvalue weighted by molar-refractivity contribution is 0.0525. The van der Waals surface area contributed by atoms with Crippen LogP contribution in [0.4, 0.5) is 0 Å². The summed E-state index contributed by atoms with van der Waals surface area (Å²) in [6.07, 6.45) is 0. The van der Waals surface area contributed by atoms with E-state index in [1.807, 2.05) is 61.5 Å². The van der Waals surface area contributed by atoms with Crippen LogP contribution in [-0.4, -0.2) is 22.5 Å². The summed E-state index contributed by atoms with van der Waals surface area (Å²) < 4.78 is 6.18. The summed E-state index contributed by atoms with van der Waals surface area (Å²) in [5.74, 6) is -0.404. The molecule has 0 atom stereocenters. The van der Waals surface area contributed by atoms with Gasteiger partial charge >= 0.3 is 5.97 Å². The molecule has 0 aliphatic rings. The maximum absolute atomic E-state index is 12.5. The SMILES string of the molecule is CCOC(=O)c1c(C)nc(Sc2ccccc2)nc1-c1ccc(Br)cc1. The van der Waals surface area contributed by atoms with E-state index >= 15 is 0 Å². The zero-order chi connectivity index (χ0) is 18.5. The Bertz CT molecular complexity index is 915. The molecule has 0 amide bonds. The number of hydrogen-bond acceptors (Lipinski definition) is 5. The van der Waals surface area contributed by atoms with Gasteiger partial charge in [-0.05, 0) is 49.9 Å². The van der Waals surface area contributed by atoms with Crippen molar-refractivity contribution in [2.45, 2.75) is 23.9 Å². The van der Waals surface area contributed by atoms with E-state index in [1.165, 1.54) is 11.8 Å². The maximum Gasteiger partial charge on any atom is 0.342 e. The number of aryl methyl sites for hydroxylation is 1. The number of rotatable bonds is 5. The lowest BCUT2D eigenvalue weighted by Crippen LogP contribution is -2.12. The zero-order valence-electron chi connectivity index (χ0n) is 14.4. The molecule has 0 radical (unpaired) electrons. The molecule has 3 aromatic rings. The van der Waals surface area contributed by atoms with Gasteiger partial charge in [0.05, 0.1) is 18.0 Å². The van der Waals surface area contributed by atoms with Gasteiger partial charge in [0.15, 0.2) is 5.16 Å². The molecule has 1 heterocycles. The molecule has 6 heteroatoms. The van der Waals surface area contributed by atoms with Gasteiger partial charge in [-0.3, -0.25) is 0 Å². The van der Waals surface area contributed by atoms with Crippen LogP contribution >= 0.6 is 27.7 Å². The summed E-state index contributed by atoms with van der Waals surface area (Å²) in [5.41, 5.74) is 2.44. The molecule has 1 aromatic heterocycles. The van der Waals surface area contributed by atoms with E-state index in [0.717, 1.165) is 14.9 Å². The van der Waals surface area contributed by atoms with Crippen LogP contribution in [0.1, 0.15) is 23.0 Å². The van der Waals surface area contributed by atoms with Gasteiger partial charge in [-0.15, -0.1) is 0 Å². The molecule has 0 bridgehead atoms. The standard InChI is InChI=1S/C20H17BrN2O2S/c1-3-25-19(24)17-13(2)22-20(26-16-7-5-4-6-8-16)23-18(17)14-9-11-15(21)12-10-14/h4-12H,3H2,1-2H3. The molecule has 2 aromatic carbocycles. The number of benzene rings is 2. The fourth-order valence-electron chi connectivity index (χ4n) is 2.45. The summed E-state index contributed by atoms with van der Waals surface area (Å²) >= 11 is 4.90. The fourth-order valence-corrected chi connectivity index (χ4v) is 3.54. The number of esters is 1. The molecule has 3 rings (SSSR count). The Morgan fingerprint density at radius 2 is 1.77 bits per heavy atom. The van der Waals surface area contributed by atoms with Gasteiger partial charge in [0.1, 0.15) is 5.56 Å². The first-order valence-corrected chi connectivity index (χ1v) is 9.74. The summed E-state index contributed by atoms with van der Waals surface area (Å²) in [4.78, 5) is 22.7. The summed E-state index contributed by atoms with van der Waals surface area (Å²) in [6.45, 7) is 3.90. The third kappa shape index (κ3) is 4.31. The second-order valence-corrected chi connectivity index (χ2v) is 7.41. The molecule has 0 fully saturated rings. The second kappa shape index (κ2) is 8.47. The third-order valence-electron chi connectivity index (χ3n) is 3.62. The van der Waals surface area contributed by atoms with Gasteiger partial charge in [-0.1, -0.05) is 46.3 Å². The number of nitrogens with zero attached hydrogens (tertiary/aromatic N) is 2. The average molecular weight is 429 g/mol. The number of aromatic nitrogens is 2. The lowest BCUT2D eigenvalue weighted by Gasteiger charge is -2.13. The first-order chi connectivity index (χ1) is 12.6. The normalized spacial score (nSPS) is 10.6. The van der Waals surface area contributed by atoms with Crippen LogP contribution in [0.25, 0.3) is 11.3 Å². The van der Waals surface area contributed by atoms with E-state index in [2.05, 4.69) is 25.9 Å². The molecular weight excluding hydrogens is 412 g/mol. The zero-order valence-corrected chi connectivity index (χ0v) is 16.8. The smallest absolute Gasteiger partial charge is 0.342 e. The van der Waals surface area contributed by atoms with Crippen LogP contribution in [0.15, 0.2) is 69.1 Å². The van der Waals surface area contributed by atoms with Gasteiger partial charge in [-0.25, -0.2) is 14.8 Å². The van der Waals surface area contributed by atoms with Crippen molar-refractivity contribution >= 4 is 33.7 Å². The minimum absolute atomic E-state index is 0.304. The molecule has 4 nitrogen and oxygen atoms in total. The third-order valence-corrected chi connectivity index (χ3v) is 5.02. The Balaban J connectivity index is 2.10. The Morgan fingerprint density at radius 3 is 2.42 bits per heavy atom. The minimum atomic E-state index is -0.404. The maximum atomic E-state index is 12.5. The lowest BCUT2D eigenvalue weighted by atomic mass is 10.0. The molecular formula is C20H17BrN2O2S. The number of carbonyl (C=O) groups is 1. The summed E-state index contributed by atoms with van der Waals surface area (Å²) in [5, 5.41) is 0.597. The molecule has 0 aliphatic heterocycles.